The minimum absolute atomic E-state index is 0.213. The number of nitrogens with one attached hydrogen (secondary N) is 1. The molecule has 0 aromatic heterocycles. The van der Waals surface area contributed by atoms with Gasteiger partial charge >= 0.3 is 11.9 Å². The van der Waals surface area contributed by atoms with Gasteiger partial charge in [0.2, 0.25) is 5.91 Å². The summed E-state index contributed by atoms with van der Waals surface area (Å²) in [5.74, 6) is -2.83. The second-order valence-electron chi connectivity index (χ2n) is 4.05. The van der Waals surface area contributed by atoms with Gasteiger partial charge in [-0.2, -0.15) is 0 Å². The lowest BCUT2D eigenvalue weighted by atomic mass is 10.1. The highest BCUT2D eigenvalue weighted by molar-refractivity contribution is 5.86. The molecule has 18 heavy (non-hydrogen) atoms. The Balaban J connectivity index is 3.95. The minimum Gasteiger partial charge on any atom is -0.480 e. The first kappa shape index (κ1) is 16.3. The number of amides is 1. The topological polar surface area (TPSA) is 156 Å². The summed E-state index contributed by atoms with van der Waals surface area (Å²) in [4.78, 5) is 32.3. The quantitative estimate of drug-likeness (QED) is 0.355. The maximum absolute atomic E-state index is 11.4. The van der Waals surface area contributed by atoms with Gasteiger partial charge in [0.1, 0.15) is 12.1 Å². The highest BCUT2D eigenvalue weighted by atomic mass is 16.4. The molecule has 0 aliphatic heterocycles. The molecule has 0 aromatic carbocycles. The molecule has 0 heterocycles. The van der Waals surface area contributed by atoms with E-state index in [4.69, 9.17) is 21.7 Å². The first-order valence-corrected chi connectivity index (χ1v) is 5.52. The fraction of sp³-hybridized carbons (Fsp3) is 0.700. The molecule has 0 rings (SSSR count). The van der Waals surface area contributed by atoms with Crippen LogP contribution in [0.4, 0.5) is 0 Å². The Hall–Kier alpha value is -1.67. The average molecular weight is 261 g/mol. The van der Waals surface area contributed by atoms with Crippen LogP contribution >= 0.6 is 0 Å². The molecular weight excluding hydrogens is 242 g/mol. The number of hydrogen-bond acceptors (Lipinski definition) is 5. The van der Waals surface area contributed by atoms with Gasteiger partial charge in [0.15, 0.2) is 0 Å². The molecule has 8 heteroatoms. The number of carboxylic acid groups (broad SMARTS) is 2. The standard InChI is InChI=1S/C10H19N3O5/c1-5(9(15)16)13-8(14)6(11)3-2-4-7(12)10(17)18/h5-7H,2-4,11-12H2,1H3,(H,13,14)(H,15,16)(H,17,18)/t5-,6-,7?/m1/s1. The average Bonchev–Trinajstić information content (AvgIpc) is 2.27. The lowest BCUT2D eigenvalue weighted by Crippen LogP contribution is -2.47. The number of carbonyl (C=O) groups is 3. The summed E-state index contributed by atoms with van der Waals surface area (Å²) < 4.78 is 0. The third kappa shape index (κ3) is 6.16. The van der Waals surface area contributed by atoms with Crippen LogP contribution in [0.3, 0.4) is 0 Å². The van der Waals surface area contributed by atoms with E-state index in [1.807, 2.05) is 0 Å². The molecule has 0 aromatic rings. The van der Waals surface area contributed by atoms with Crippen molar-refractivity contribution in [3.05, 3.63) is 0 Å². The maximum Gasteiger partial charge on any atom is 0.325 e. The van der Waals surface area contributed by atoms with Gasteiger partial charge in [0, 0.05) is 0 Å². The zero-order chi connectivity index (χ0) is 14.3. The molecular formula is C10H19N3O5. The molecule has 0 saturated heterocycles. The van der Waals surface area contributed by atoms with Crippen LogP contribution in [0.25, 0.3) is 0 Å². The van der Waals surface area contributed by atoms with E-state index in [1.165, 1.54) is 6.92 Å². The summed E-state index contributed by atoms with van der Waals surface area (Å²) in [5.41, 5.74) is 10.8. The Morgan fingerprint density at radius 3 is 2.00 bits per heavy atom. The fourth-order valence-electron chi connectivity index (χ4n) is 1.19. The predicted octanol–water partition coefficient (Wildman–Crippen LogP) is -1.51. The van der Waals surface area contributed by atoms with Crippen molar-refractivity contribution in [2.45, 2.75) is 44.3 Å². The normalized spacial score (nSPS) is 15.5. The highest BCUT2D eigenvalue weighted by Crippen LogP contribution is 2.02. The number of nitrogens with two attached hydrogens (primary N) is 2. The van der Waals surface area contributed by atoms with E-state index in [0.717, 1.165) is 0 Å². The van der Waals surface area contributed by atoms with Gasteiger partial charge < -0.3 is 27.0 Å². The second-order valence-corrected chi connectivity index (χ2v) is 4.05. The van der Waals surface area contributed by atoms with Crippen LogP contribution in [-0.2, 0) is 14.4 Å². The molecule has 3 atom stereocenters. The Labute approximate surface area is 104 Å². The molecule has 0 spiro atoms. The van der Waals surface area contributed by atoms with Crippen molar-refractivity contribution >= 4 is 17.8 Å². The van der Waals surface area contributed by atoms with E-state index >= 15 is 0 Å². The number of rotatable bonds is 8. The molecule has 8 nitrogen and oxygen atoms in total. The number of carboxylic acids is 2. The van der Waals surface area contributed by atoms with Gasteiger partial charge in [-0.15, -0.1) is 0 Å². The molecule has 7 N–H and O–H groups in total. The van der Waals surface area contributed by atoms with Crippen LogP contribution in [0.2, 0.25) is 0 Å². The van der Waals surface area contributed by atoms with Crippen molar-refractivity contribution < 1.29 is 24.6 Å². The predicted molar refractivity (Wildman–Crippen MR) is 62.7 cm³/mol. The van der Waals surface area contributed by atoms with E-state index < -0.39 is 36.0 Å². The Bertz CT molecular complexity index is 321. The molecule has 0 aliphatic rings. The lowest BCUT2D eigenvalue weighted by molar-refractivity contribution is -0.141. The molecule has 0 radical (unpaired) electrons. The summed E-state index contributed by atoms with van der Waals surface area (Å²) in [6.07, 6.45) is 0.841. The summed E-state index contributed by atoms with van der Waals surface area (Å²) in [6, 6.07) is -2.85. The van der Waals surface area contributed by atoms with Gasteiger partial charge in [-0.05, 0) is 26.2 Å². The van der Waals surface area contributed by atoms with Crippen LogP contribution < -0.4 is 16.8 Å². The van der Waals surface area contributed by atoms with Gasteiger partial charge in [-0.1, -0.05) is 0 Å². The third-order valence-electron chi connectivity index (χ3n) is 2.41. The van der Waals surface area contributed by atoms with Crippen molar-refractivity contribution in [3.8, 4) is 0 Å². The Morgan fingerprint density at radius 1 is 1.06 bits per heavy atom. The number of hydrogen-bond donors (Lipinski definition) is 5. The van der Waals surface area contributed by atoms with Crippen LogP contribution in [0, 0.1) is 0 Å². The SMILES string of the molecule is C[C@@H](NC(=O)[C@H](N)CCCC(N)C(=O)O)C(=O)O. The molecule has 0 saturated carbocycles. The van der Waals surface area contributed by atoms with Crippen molar-refractivity contribution in [2.24, 2.45) is 11.5 Å². The first-order chi connectivity index (χ1) is 8.25. The molecule has 104 valence electrons. The summed E-state index contributed by atoms with van der Waals surface area (Å²) >= 11 is 0. The fourth-order valence-corrected chi connectivity index (χ4v) is 1.19. The molecule has 1 amide bonds. The zero-order valence-electron chi connectivity index (χ0n) is 10.1. The highest BCUT2D eigenvalue weighted by Gasteiger charge is 2.19. The Kier molecular flexibility index (Phi) is 6.91. The summed E-state index contributed by atoms with van der Waals surface area (Å²) in [5, 5.41) is 19.3. The van der Waals surface area contributed by atoms with Crippen molar-refractivity contribution in [2.75, 3.05) is 0 Å². The maximum atomic E-state index is 11.4. The minimum atomic E-state index is -1.15. The zero-order valence-corrected chi connectivity index (χ0v) is 10.1. The van der Waals surface area contributed by atoms with Gasteiger partial charge in [-0.3, -0.25) is 14.4 Å². The first-order valence-electron chi connectivity index (χ1n) is 5.52. The third-order valence-corrected chi connectivity index (χ3v) is 2.41. The van der Waals surface area contributed by atoms with E-state index in [0.29, 0.717) is 6.42 Å². The van der Waals surface area contributed by atoms with Crippen molar-refractivity contribution in [3.63, 3.8) is 0 Å². The van der Waals surface area contributed by atoms with Crippen molar-refractivity contribution in [1.82, 2.24) is 5.32 Å². The lowest BCUT2D eigenvalue weighted by Gasteiger charge is -2.15. The Morgan fingerprint density at radius 2 is 1.56 bits per heavy atom. The van der Waals surface area contributed by atoms with E-state index in [-0.39, 0.29) is 12.8 Å². The van der Waals surface area contributed by atoms with Gasteiger partial charge in [0.25, 0.3) is 0 Å². The van der Waals surface area contributed by atoms with Crippen LogP contribution in [-0.4, -0.2) is 46.2 Å². The second kappa shape index (κ2) is 7.62. The summed E-state index contributed by atoms with van der Waals surface area (Å²) in [6.45, 7) is 1.33. The summed E-state index contributed by atoms with van der Waals surface area (Å²) in [7, 11) is 0. The van der Waals surface area contributed by atoms with Crippen LogP contribution in [0.15, 0.2) is 0 Å². The van der Waals surface area contributed by atoms with Crippen LogP contribution in [0.5, 0.6) is 0 Å². The molecule has 1 unspecified atom stereocenters. The van der Waals surface area contributed by atoms with Gasteiger partial charge in [0.05, 0.1) is 6.04 Å². The molecule has 0 fully saturated rings. The van der Waals surface area contributed by atoms with Crippen LogP contribution in [0.1, 0.15) is 26.2 Å². The van der Waals surface area contributed by atoms with Gasteiger partial charge in [-0.25, -0.2) is 0 Å². The van der Waals surface area contributed by atoms with E-state index in [2.05, 4.69) is 5.32 Å². The largest absolute Gasteiger partial charge is 0.480 e. The van der Waals surface area contributed by atoms with Crippen molar-refractivity contribution in [1.29, 1.82) is 0 Å². The number of carbonyl (C=O) groups excluding carboxylic acids is 1. The molecule has 0 aliphatic carbocycles. The number of aliphatic carboxylic acids is 2. The molecule has 0 bridgehead atoms. The smallest absolute Gasteiger partial charge is 0.325 e. The van der Waals surface area contributed by atoms with E-state index in [9.17, 15) is 14.4 Å². The van der Waals surface area contributed by atoms with E-state index in [1.54, 1.807) is 0 Å². The monoisotopic (exact) mass is 261 g/mol.